The van der Waals surface area contributed by atoms with E-state index in [9.17, 15) is 0 Å². The minimum Gasteiger partial charge on any atom is -0.394 e. The molecule has 3 nitrogen and oxygen atoms in total. The number of hydrogen-bond acceptors (Lipinski definition) is 3. The van der Waals surface area contributed by atoms with Crippen molar-refractivity contribution < 1.29 is 10.2 Å². The molecule has 0 aliphatic rings. The number of aliphatic hydroxyl groups is 2. The van der Waals surface area contributed by atoms with Gasteiger partial charge in [0.2, 0.25) is 0 Å². The third kappa shape index (κ3) is 3.03. The Balaban J connectivity index is 2.76. The summed E-state index contributed by atoms with van der Waals surface area (Å²) in [7, 11) is 0. The van der Waals surface area contributed by atoms with Crippen molar-refractivity contribution in [3.8, 4) is 0 Å². The monoisotopic (exact) mass is 235 g/mol. The Morgan fingerprint density at radius 1 is 1.21 bits per heavy atom. The Kier molecular flexibility index (Phi) is 4.48. The molecule has 0 radical (unpaired) electrons. The first-order chi connectivity index (χ1) is 6.67. The molecule has 0 unspecified atom stereocenters. The van der Waals surface area contributed by atoms with Gasteiger partial charge in [-0.25, -0.2) is 0 Å². The smallest absolute Gasteiger partial charge is 0.0723 e. The van der Waals surface area contributed by atoms with Crippen molar-refractivity contribution in [1.82, 2.24) is 0 Å². The molecule has 0 aliphatic heterocycles. The average Bonchev–Trinajstić information content (AvgIpc) is 2.17. The van der Waals surface area contributed by atoms with E-state index in [1.807, 2.05) is 0 Å². The largest absolute Gasteiger partial charge is 0.394 e. The first-order valence-corrected chi connectivity index (χ1v) is 4.86. The summed E-state index contributed by atoms with van der Waals surface area (Å²) in [4.78, 5) is 0. The highest BCUT2D eigenvalue weighted by Crippen LogP contribution is 2.25. The van der Waals surface area contributed by atoms with Gasteiger partial charge in [0, 0.05) is 5.02 Å². The summed E-state index contributed by atoms with van der Waals surface area (Å²) in [5, 5.41) is 21.6. The maximum absolute atomic E-state index is 8.84. The van der Waals surface area contributed by atoms with Gasteiger partial charge < -0.3 is 15.5 Å². The SMILES string of the molecule is OCC(CO)Nc1ccc(Cl)cc1Cl. The van der Waals surface area contributed by atoms with Gasteiger partial charge in [-0.2, -0.15) is 0 Å². The normalized spacial score (nSPS) is 10.6. The molecule has 1 rings (SSSR count). The molecule has 5 heteroatoms. The van der Waals surface area contributed by atoms with E-state index >= 15 is 0 Å². The summed E-state index contributed by atoms with van der Waals surface area (Å²) in [6, 6.07) is 4.57. The first kappa shape index (κ1) is 11.6. The second kappa shape index (κ2) is 5.41. The van der Waals surface area contributed by atoms with Crippen LogP contribution in [0.4, 0.5) is 5.69 Å². The molecule has 0 saturated carbocycles. The zero-order valence-electron chi connectivity index (χ0n) is 7.37. The molecule has 0 atom stereocenters. The van der Waals surface area contributed by atoms with Crippen LogP contribution in [-0.2, 0) is 0 Å². The van der Waals surface area contributed by atoms with Crippen molar-refractivity contribution in [3.63, 3.8) is 0 Å². The van der Waals surface area contributed by atoms with Crippen LogP contribution in [0.25, 0.3) is 0 Å². The van der Waals surface area contributed by atoms with Gasteiger partial charge in [0.25, 0.3) is 0 Å². The number of nitrogens with one attached hydrogen (secondary N) is 1. The summed E-state index contributed by atoms with van der Waals surface area (Å²) in [6.07, 6.45) is 0. The second-order valence-corrected chi connectivity index (χ2v) is 3.67. The summed E-state index contributed by atoms with van der Waals surface area (Å²) in [5.41, 5.74) is 0.643. The fraction of sp³-hybridized carbons (Fsp3) is 0.333. The van der Waals surface area contributed by atoms with Crippen LogP contribution in [0, 0.1) is 0 Å². The van der Waals surface area contributed by atoms with E-state index < -0.39 is 6.04 Å². The Bertz CT molecular complexity index is 303. The van der Waals surface area contributed by atoms with Crippen molar-refractivity contribution in [2.75, 3.05) is 18.5 Å². The summed E-state index contributed by atoms with van der Waals surface area (Å²) in [5.74, 6) is 0. The van der Waals surface area contributed by atoms with Gasteiger partial charge in [-0.1, -0.05) is 23.2 Å². The molecule has 0 fully saturated rings. The lowest BCUT2D eigenvalue weighted by molar-refractivity contribution is 0.204. The molecule has 0 heterocycles. The Labute approximate surface area is 92.3 Å². The van der Waals surface area contributed by atoms with Crippen LogP contribution >= 0.6 is 23.2 Å². The number of halogens is 2. The van der Waals surface area contributed by atoms with Crippen LogP contribution in [0.15, 0.2) is 18.2 Å². The number of anilines is 1. The van der Waals surface area contributed by atoms with E-state index in [1.165, 1.54) is 0 Å². The van der Waals surface area contributed by atoms with Gasteiger partial charge in [-0.05, 0) is 18.2 Å². The minimum atomic E-state index is -0.409. The maximum Gasteiger partial charge on any atom is 0.0723 e. The highest BCUT2D eigenvalue weighted by Gasteiger charge is 2.07. The number of rotatable bonds is 4. The second-order valence-electron chi connectivity index (χ2n) is 2.83. The van der Waals surface area contributed by atoms with Gasteiger partial charge >= 0.3 is 0 Å². The van der Waals surface area contributed by atoms with Gasteiger partial charge in [0.1, 0.15) is 0 Å². The van der Waals surface area contributed by atoms with Crippen LogP contribution < -0.4 is 5.32 Å². The van der Waals surface area contributed by atoms with Crippen LogP contribution in [0.2, 0.25) is 10.0 Å². The van der Waals surface area contributed by atoms with E-state index in [0.717, 1.165) is 0 Å². The maximum atomic E-state index is 8.84. The van der Waals surface area contributed by atoms with Crippen LogP contribution in [0.5, 0.6) is 0 Å². The molecule has 1 aromatic carbocycles. The summed E-state index contributed by atoms with van der Waals surface area (Å²) in [6.45, 7) is -0.315. The average molecular weight is 236 g/mol. The molecule has 1 aromatic rings. The quantitative estimate of drug-likeness (QED) is 0.746. The molecule has 0 amide bonds. The zero-order valence-corrected chi connectivity index (χ0v) is 8.89. The van der Waals surface area contributed by atoms with E-state index in [2.05, 4.69) is 5.32 Å². The van der Waals surface area contributed by atoms with Crippen molar-refractivity contribution in [3.05, 3.63) is 28.2 Å². The number of aliphatic hydroxyl groups excluding tert-OH is 2. The number of benzene rings is 1. The summed E-state index contributed by atoms with van der Waals surface area (Å²) < 4.78 is 0. The van der Waals surface area contributed by atoms with E-state index in [-0.39, 0.29) is 13.2 Å². The van der Waals surface area contributed by atoms with Gasteiger partial charge in [-0.3, -0.25) is 0 Å². The van der Waals surface area contributed by atoms with Crippen LogP contribution in [-0.4, -0.2) is 29.5 Å². The first-order valence-electron chi connectivity index (χ1n) is 4.10. The third-order valence-corrected chi connectivity index (χ3v) is 2.28. The lowest BCUT2D eigenvalue weighted by atomic mass is 10.2. The predicted molar refractivity (Wildman–Crippen MR) is 58.0 cm³/mol. The highest BCUT2D eigenvalue weighted by atomic mass is 35.5. The zero-order chi connectivity index (χ0) is 10.6. The van der Waals surface area contributed by atoms with E-state index in [0.29, 0.717) is 15.7 Å². The summed E-state index contributed by atoms with van der Waals surface area (Å²) >= 11 is 11.6. The Hall–Kier alpha value is -0.480. The van der Waals surface area contributed by atoms with E-state index in [4.69, 9.17) is 33.4 Å². The van der Waals surface area contributed by atoms with E-state index in [1.54, 1.807) is 18.2 Å². The molecule has 0 saturated heterocycles. The molecular formula is C9H11Cl2NO2. The fourth-order valence-electron chi connectivity index (χ4n) is 0.975. The highest BCUT2D eigenvalue weighted by molar-refractivity contribution is 6.36. The molecule has 78 valence electrons. The van der Waals surface area contributed by atoms with Gasteiger partial charge in [0.15, 0.2) is 0 Å². The third-order valence-electron chi connectivity index (χ3n) is 1.73. The Morgan fingerprint density at radius 3 is 2.36 bits per heavy atom. The van der Waals surface area contributed by atoms with Gasteiger partial charge in [-0.15, -0.1) is 0 Å². The van der Waals surface area contributed by atoms with Crippen molar-refractivity contribution in [1.29, 1.82) is 0 Å². The van der Waals surface area contributed by atoms with Crippen LogP contribution in [0.1, 0.15) is 0 Å². The lowest BCUT2D eigenvalue weighted by Crippen LogP contribution is -2.27. The molecule has 14 heavy (non-hydrogen) atoms. The van der Waals surface area contributed by atoms with Crippen molar-refractivity contribution in [2.24, 2.45) is 0 Å². The van der Waals surface area contributed by atoms with Gasteiger partial charge in [0.05, 0.1) is 30.0 Å². The van der Waals surface area contributed by atoms with Crippen LogP contribution in [0.3, 0.4) is 0 Å². The number of hydrogen-bond donors (Lipinski definition) is 3. The Morgan fingerprint density at radius 2 is 1.86 bits per heavy atom. The predicted octanol–water partition coefficient (Wildman–Crippen LogP) is 1.76. The lowest BCUT2D eigenvalue weighted by Gasteiger charge is -2.15. The molecule has 0 spiro atoms. The minimum absolute atomic E-state index is 0.157. The van der Waals surface area contributed by atoms with Crippen molar-refractivity contribution in [2.45, 2.75) is 6.04 Å². The molecule has 0 bridgehead atoms. The standard InChI is InChI=1S/C9H11Cl2NO2/c10-6-1-2-9(8(11)3-6)12-7(4-13)5-14/h1-3,7,12-14H,4-5H2. The molecule has 0 aromatic heterocycles. The topological polar surface area (TPSA) is 52.5 Å². The van der Waals surface area contributed by atoms with Crippen molar-refractivity contribution >= 4 is 28.9 Å². The molecule has 3 N–H and O–H groups in total. The molecular weight excluding hydrogens is 225 g/mol. The fourth-order valence-corrected chi connectivity index (χ4v) is 1.44. The molecule has 0 aliphatic carbocycles.